The lowest BCUT2D eigenvalue weighted by Gasteiger charge is -2.14. The van der Waals surface area contributed by atoms with Crippen LogP contribution in [0.4, 0.5) is 0 Å². The predicted octanol–water partition coefficient (Wildman–Crippen LogP) is 3.15. The van der Waals surface area contributed by atoms with Gasteiger partial charge in [0, 0.05) is 29.2 Å². The second kappa shape index (κ2) is 8.83. The van der Waals surface area contributed by atoms with Gasteiger partial charge in [-0.25, -0.2) is 8.42 Å². The van der Waals surface area contributed by atoms with Gasteiger partial charge in [0.25, 0.3) is 15.9 Å². The number of nitrogens with one attached hydrogen (secondary N) is 1. The van der Waals surface area contributed by atoms with Gasteiger partial charge in [-0.3, -0.25) is 9.63 Å². The Hall–Kier alpha value is -1.64. The summed E-state index contributed by atoms with van der Waals surface area (Å²) in [5.74, 6) is -0.382. The van der Waals surface area contributed by atoms with E-state index in [0.717, 1.165) is 10.0 Å². The number of sulfonamides is 1. The van der Waals surface area contributed by atoms with Crippen molar-refractivity contribution in [2.24, 2.45) is 0 Å². The minimum atomic E-state index is -3.82. The van der Waals surface area contributed by atoms with E-state index in [1.54, 1.807) is 18.2 Å². The highest BCUT2D eigenvalue weighted by molar-refractivity contribution is 7.89. The first-order valence-electron chi connectivity index (χ1n) is 7.61. The molecule has 0 heterocycles. The molecule has 0 aliphatic rings. The fraction of sp³-hybridized carbons (Fsp3) is 0.235. The molecule has 26 heavy (non-hydrogen) atoms. The molecule has 0 fully saturated rings. The van der Waals surface area contributed by atoms with Gasteiger partial charge in [-0.15, -0.1) is 0 Å². The van der Waals surface area contributed by atoms with Crippen molar-refractivity contribution in [1.82, 2.24) is 9.79 Å². The maximum Gasteiger partial charge on any atom is 0.264 e. The molecule has 6 nitrogen and oxygen atoms in total. The van der Waals surface area contributed by atoms with Crippen molar-refractivity contribution in [3.8, 4) is 0 Å². The van der Waals surface area contributed by atoms with Crippen LogP contribution in [0.5, 0.6) is 0 Å². The molecule has 0 aliphatic heterocycles. The van der Waals surface area contributed by atoms with E-state index in [4.69, 9.17) is 28.0 Å². The molecule has 0 radical (unpaired) electrons. The Morgan fingerprint density at radius 1 is 1.19 bits per heavy atom. The van der Waals surface area contributed by atoms with Crippen molar-refractivity contribution in [1.29, 1.82) is 0 Å². The first-order chi connectivity index (χ1) is 12.3. The van der Waals surface area contributed by atoms with Gasteiger partial charge in [0.2, 0.25) is 0 Å². The molecular formula is C17H18Cl2N2O4S. The van der Waals surface area contributed by atoms with Crippen LogP contribution < -0.4 is 5.32 Å². The van der Waals surface area contributed by atoms with Crippen molar-refractivity contribution in [3.05, 3.63) is 63.6 Å². The van der Waals surface area contributed by atoms with E-state index < -0.39 is 10.0 Å². The number of amides is 1. The Balaban J connectivity index is 2.05. The third kappa shape index (κ3) is 4.96. The molecule has 0 saturated carbocycles. The number of hydrogen-bond donors (Lipinski definition) is 1. The zero-order valence-electron chi connectivity index (χ0n) is 14.2. The summed E-state index contributed by atoms with van der Waals surface area (Å²) in [6, 6.07) is 10.9. The number of carbonyl (C=O) groups is 1. The van der Waals surface area contributed by atoms with E-state index in [9.17, 15) is 13.2 Å². The van der Waals surface area contributed by atoms with Crippen molar-refractivity contribution in [2.45, 2.75) is 11.3 Å². The van der Waals surface area contributed by atoms with Crippen LogP contribution in [0.1, 0.15) is 15.9 Å². The number of carbonyl (C=O) groups excluding carboxylic acids is 1. The topological polar surface area (TPSA) is 75.7 Å². The second-order valence-electron chi connectivity index (χ2n) is 5.37. The smallest absolute Gasteiger partial charge is 0.264 e. The van der Waals surface area contributed by atoms with Gasteiger partial charge in [-0.2, -0.15) is 0 Å². The second-order valence-corrected chi connectivity index (χ2v) is 8.15. The molecule has 1 amide bonds. The lowest BCUT2D eigenvalue weighted by Crippen LogP contribution is -2.28. The highest BCUT2D eigenvalue weighted by atomic mass is 35.5. The quantitative estimate of drug-likeness (QED) is 0.703. The summed E-state index contributed by atoms with van der Waals surface area (Å²) in [6.45, 7) is 0.342. The summed E-state index contributed by atoms with van der Waals surface area (Å²) in [4.78, 5) is 17.0. The van der Waals surface area contributed by atoms with Crippen LogP contribution in [0.2, 0.25) is 10.0 Å². The fourth-order valence-corrected chi connectivity index (χ4v) is 3.70. The standard InChI is InChI=1S/C17H18Cl2N2O4S/c1-21(25-2)26(23,24)15-5-3-4-13(10-15)17(22)20-9-8-12-6-7-14(18)11-16(12)19/h3-7,10-11H,8-9H2,1-2H3,(H,20,22). The van der Waals surface area contributed by atoms with Gasteiger partial charge in [-0.05, 0) is 42.3 Å². The molecule has 0 atom stereocenters. The van der Waals surface area contributed by atoms with Crippen LogP contribution in [0.25, 0.3) is 0 Å². The molecular weight excluding hydrogens is 399 g/mol. The minimum absolute atomic E-state index is 0.0322. The average molecular weight is 417 g/mol. The van der Waals surface area contributed by atoms with Crippen molar-refractivity contribution < 1.29 is 18.0 Å². The van der Waals surface area contributed by atoms with Crippen LogP contribution in [-0.2, 0) is 21.3 Å². The Morgan fingerprint density at radius 3 is 2.58 bits per heavy atom. The lowest BCUT2D eigenvalue weighted by molar-refractivity contribution is -0.0258. The summed E-state index contributed by atoms with van der Waals surface area (Å²) < 4.78 is 25.2. The van der Waals surface area contributed by atoms with E-state index in [2.05, 4.69) is 5.32 Å². The Bertz CT molecular complexity index is 903. The minimum Gasteiger partial charge on any atom is -0.352 e. The summed E-state index contributed by atoms with van der Waals surface area (Å²) >= 11 is 11.9. The third-order valence-corrected chi connectivity index (χ3v) is 5.95. The van der Waals surface area contributed by atoms with Gasteiger partial charge in [0.05, 0.1) is 12.0 Å². The van der Waals surface area contributed by atoms with Crippen molar-refractivity contribution in [2.75, 3.05) is 20.7 Å². The molecule has 0 saturated heterocycles. The van der Waals surface area contributed by atoms with Crippen LogP contribution in [0.15, 0.2) is 47.4 Å². The molecule has 0 aliphatic carbocycles. The molecule has 1 N–H and O–H groups in total. The summed E-state index contributed by atoms with van der Waals surface area (Å²) in [5.41, 5.74) is 1.09. The molecule has 2 aromatic rings. The normalized spacial score (nSPS) is 11.6. The number of hydroxylamine groups is 1. The fourth-order valence-electron chi connectivity index (χ4n) is 2.18. The maximum atomic E-state index is 12.3. The van der Waals surface area contributed by atoms with Crippen LogP contribution >= 0.6 is 23.2 Å². The average Bonchev–Trinajstić information content (AvgIpc) is 2.62. The van der Waals surface area contributed by atoms with E-state index >= 15 is 0 Å². The summed E-state index contributed by atoms with van der Waals surface area (Å²) in [7, 11) is -1.30. The van der Waals surface area contributed by atoms with E-state index in [1.807, 2.05) is 0 Å². The number of benzene rings is 2. The molecule has 0 bridgehead atoms. The van der Waals surface area contributed by atoms with Gasteiger partial charge in [-0.1, -0.05) is 39.8 Å². The predicted molar refractivity (Wildman–Crippen MR) is 101 cm³/mol. The first-order valence-corrected chi connectivity index (χ1v) is 9.80. The summed E-state index contributed by atoms with van der Waals surface area (Å²) in [5, 5.41) is 3.81. The van der Waals surface area contributed by atoms with Gasteiger partial charge >= 0.3 is 0 Å². The highest BCUT2D eigenvalue weighted by Crippen LogP contribution is 2.21. The van der Waals surface area contributed by atoms with E-state index in [-0.39, 0.29) is 16.4 Å². The Kier molecular flexibility index (Phi) is 7.02. The van der Waals surface area contributed by atoms with Crippen LogP contribution in [0, 0.1) is 0 Å². The molecule has 0 unspecified atom stereocenters. The molecule has 9 heteroatoms. The van der Waals surface area contributed by atoms with Crippen LogP contribution in [-0.4, -0.2) is 39.5 Å². The Morgan fingerprint density at radius 2 is 1.92 bits per heavy atom. The van der Waals surface area contributed by atoms with Gasteiger partial charge in [0.1, 0.15) is 0 Å². The van der Waals surface area contributed by atoms with Crippen molar-refractivity contribution in [3.63, 3.8) is 0 Å². The highest BCUT2D eigenvalue weighted by Gasteiger charge is 2.21. The van der Waals surface area contributed by atoms with Gasteiger partial charge in [0.15, 0.2) is 0 Å². The Labute approximate surface area is 162 Å². The number of halogens is 2. The molecule has 140 valence electrons. The monoisotopic (exact) mass is 416 g/mol. The zero-order chi connectivity index (χ0) is 19.3. The van der Waals surface area contributed by atoms with E-state index in [0.29, 0.717) is 23.0 Å². The largest absolute Gasteiger partial charge is 0.352 e. The molecule has 2 aromatic carbocycles. The first kappa shape index (κ1) is 20.7. The SMILES string of the molecule is CON(C)S(=O)(=O)c1cccc(C(=O)NCCc2ccc(Cl)cc2Cl)c1. The molecule has 0 spiro atoms. The van der Waals surface area contributed by atoms with Gasteiger partial charge < -0.3 is 5.32 Å². The van der Waals surface area contributed by atoms with Crippen molar-refractivity contribution >= 4 is 39.1 Å². The maximum absolute atomic E-state index is 12.3. The number of hydrogen-bond acceptors (Lipinski definition) is 4. The third-order valence-electron chi connectivity index (χ3n) is 3.68. The molecule has 2 rings (SSSR count). The number of rotatable bonds is 7. The van der Waals surface area contributed by atoms with Crippen LogP contribution in [0.3, 0.4) is 0 Å². The zero-order valence-corrected chi connectivity index (χ0v) is 16.5. The summed E-state index contributed by atoms with van der Waals surface area (Å²) in [6.07, 6.45) is 0.520. The number of nitrogens with zero attached hydrogens (tertiary/aromatic N) is 1. The lowest BCUT2D eigenvalue weighted by atomic mass is 10.1. The molecule has 0 aromatic heterocycles. The van der Waals surface area contributed by atoms with E-state index in [1.165, 1.54) is 38.4 Å².